The van der Waals surface area contributed by atoms with Gasteiger partial charge in [-0.1, -0.05) is 44.5 Å². The summed E-state index contributed by atoms with van der Waals surface area (Å²) in [7, 11) is 0. The Morgan fingerprint density at radius 2 is 1.56 bits per heavy atom. The second-order valence-corrected chi connectivity index (χ2v) is 5.34. The largest absolute Gasteiger partial charge is 0.307 e. The number of hydrogen-bond acceptors (Lipinski definition) is 1. The molecule has 1 nitrogen and oxygen atoms in total. The Morgan fingerprint density at radius 3 is 2.00 bits per heavy atom. The predicted molar refractivity (Wildman–Crippen MR) is 69.7 cm³/mol. The van der Waals surface area contributed by atoms with E-state index in [0.29, 0.717) is 12.0 Å². The molecule has 1 aromatic carbocycles. The summed E-state index contributed by atoms with van der Waals surface area (Å²) < 4.78 is 0. The van der Waals surface area contributed by atoms with E-state index >= 15 is 0 Å². The molecule has 1 heteroatoms. The van der Waals surface area contributed by atoms with E-state index in [0.717, 1.165) is 6.04 Å². The van der Waals surface area contributed by atoms with Gasteiger partial charge in [0.05, 0.1) is 0 Å². The molecule has 0 aliphatic heterocycles. The summed E-state index contributed by atoms with van der Waals surface area (Å²) in [5, 5.41) is 3.68. The van der Waals surface area contributed by atoms with E-state index in [1.807, 2.05) is 0 Å². The molecule has 0 spiro atoms. The molecule has 0 heterocycles. The van der Waals surface area contributed by atoms with E-state index in [2.05, 4.69) is 50.4 Å². The second kappa shape index (κ2) is 5.01. The maximum absolute atomic E-state index is 3.68. The lowest BCUT2D eigenvalue weighted by atomic mass is 9.91. The van der Waals surface area contributed by atoms with Crippen LogP contribution in [0.15, 0.2) is 24.3 Å². The van der Waals surface area contributed by atoms with Crippen molar-refractivity contribution in [1.82, 2.24) is 5.32 Å². The van der Waals surface area contributed by atoms with Crippen LogP contribution in [-0.4, -0.2) is 6.04 Å². The molecule has 2 rings (SSSR count). The van der Waals surface area contributed by atoms with Gasteiger partial charge < -0.3 is 5.32 Å². The van der Waals surface area contributed by atoms with Crippen molar-refractivity contribution in [1.29, 1.82) is 0 Å². The molecule has 0 saturated heterocycles. The fourth-order valence-corrected chi connectivity index (χ4v) is 2.19. The lowest BCUT2D eigenvalue weighted by Crippen LogP contribution is -2.36. The summed E-state index contributed by atoms with van der Waals surface area (Å²) in [4.78, 5) is 0. The first kappa shape index (κ1) is 11.7. The Kier molecular flexibility index (Phi) is 3.65. The van der Waals surface area contributed by atoms with Crippen molar-refractivity contribution in [2.24, 2.45) is 0 Å². The minimum absolute atomic E-state index is 0.492. The highest BCUT2D eigenvalue weighted by atomic mass is 15.0. The van der Waals surface area contributed by atoms with Crippen molar-refractivity contribution >= 4 is 0 Å². The molecule has 0 amide bonds. The van der Waals surface area contributed by atoms with Crippen molar-refractivity contribution in [2.45, 2.75) is 58.0 Å². The van der Waals surface area contributed by atoms with Gasteiger partial charge in [0.1, 0.15) is 0 Å². The Morgan fingerprint density at radius 1 is 1.00 bits per heavy atom. The highest BCUT2D eigenvalue weighted by Gasteiger charge is 2.19. The first-order valence-electron chi connectivity index (χ1n) is 6.52. The maximum atomic E-state index is 3.68. The van der Waals surface area contributed by atoms with E-state index in [4.69, 9.17) is 0 Å². The summed E-state index contributed by atoms with van der Waals surface area (Å²) in [6, 6.07) is 10.3. The number of benzene rings is 1. The van der Waals surface area contributed by atoms with E-state index in [1.54, 1.807) is 0 Å². The first-order chi connectivity index (χ1) is 7.66. The molecule has 1 aromatic rings. The fraction of sp³-hybridized carbons (Fsp3) is 0.600. The number of nitrogens with one attached hydrogen (secondary N) is 1. The van der Waals surface area contributed by atoms with Crippen LogP contribution in [0.3, 0.4) is 0 Å². The molecule has 1 N–H and O–H groups in total. The molecule has 88 valence electrons. The quantitative estimate of drug-likeness (QED) is 0.803. The lowest BCUT2D eigenvalue weighted by molar-refractivity contribution is 0.313. The molecule has 0 radical (unpaired) electrons. The molecule has 16 heavy (non-hydrogen) atoms. The Hall–Kier alpha value is -0.820. The first-order valence-corrected chi connectivity index (χ1v) is 6.52. The van der Waals surface area contributed by atoms with Crippen molar-refractivity contribution < 1.29 is 0 Å². The molecule has 1 atom stereocenters. The van der Waals surface area contributed by atoms with Gasteiger partial charge in [-0.3, -0.25) is 0 Å². The Labute approximate surface area is 99.3 Å². The van der Waals surface area contributed by atoms with Crippen LogP contribution < -0.4 is 5.32 Å². The maximum Gasteiger partial charge on any atom is 0.0294 e. The molecule has 1 aliphatic rings. The Bertz CT molecular complexity index is 322. The average molecular weight is 217 g/mol. The standard InChI is InChI=1S/C15H23N/c1-11(2)13-7-9-14(10-8-13)12(3)16-15-5-4-6-15/h7-12,15-16H,4-6H2,1-3H3. The van der Waals surface area contributed by atoms with Gasteiger partial charge in [-0.15, -0.1) is 0 Å². The predicted octanol–water partition coefficient (Wildman–Crippen LogP) is 4.01. The van der Waals surface area contributed by atoms with Crippen molar-refractivity contribution in [3.05, 3.63) is 35.4 Å². The number of hydrogen-bond donors (Lipinski definition) is 1. The summed E-state index contributed by atoms with van der Waals surface area (Å²) in [5.74, 6) is 0.629. The normalized spacial score (nSPS) is 18.5. The third-order valence-electron chi connectivity index (χ3n) is 3.69. The van der Waals surface area contributed by atoms with Gasteiger partial charge in [0.2, 0.25) is 0 Å². The van der Waals surface area contributed by atoms with Crippen LogP contribution in [0.2, 0.25) is 0 Å². The smallest absolute Gasteiger partial charge is 0.0294 e. The highest BCUT2D eigenvalue weighted by Crippen LogP contribution is 2.23. The second-order valence-electron chi connectivity index (χ2n) is 5.34. The van der Waals surface area contributed by atoms with E-state index < -0.39 is 0 Å². The molecule has 0 aromatic heterocycles. The van der Waals surface area contributed by atoms with Crippen molar-refractivity contribution in [3.63, 3.8) is 0 Å². The third kappa shape index (κ3) is 2.65. The minimum Gasteiger partial charge on any atom is -0.307 e. The van der Waals surface area contributed by atoms with Gasteiger partial charge in [0.25, 0.3) is 0 Å². The van der Waals surface area contributed by atoms with Crippen molar-refractivity contribution in [3.8, 4) is 0 Å². The fourth-order valence-electron chi connectivity index (χ4n) is 2.19. The van der Waals surface area contributed by atoms with Crippen LogP contribution in [0, 0.1) is 0 Å². The van der Waals surface area contributed by atoms with Crippen LogP contribution in [-0.2, 0) is 0 Å². The zero-order valence-electron chi connectivity index (χ0n) is 10.7. The topological polar surface area (TPSA) is 12.0 Å². The van der Waals surface area contributed by atoms with Gasteiger partial charge in [-0.25, -0.2) is 0 Å². The minimum atomic E-state index is 0.492. The van der Waals surface area contributed by atoms with Crippen molar-refractivity contribution in [2.75, 3.05) is 0 Å². The van der Waals surface area contributed by atoms with Crippen LogP contribution in [0.5, 0.6) is 0 Å². The number of rotatable bonds is 4. The lowest BCUT2D eigenvalue weighted by Gasteiger charge is -2.30. The third-order valence-corrected chi connectivity index (χ3v) is 3.69. The molecular formula is C15H23N. The zero-order valence-corrected chi connectivity index (χ0v) is 10.7. The molecule has 0 bridgehead atoms. The summed E-state index contributed by atoms with van der Waals surface area (Å²) in [6.07, 6.45) is 4.11. The van der Waals surface area contributed by atoms with Gasteiger partial charge in [-0.05, 0) is 36.8 Å². The van der Waals surface area contributed by atoms with Gasteiger partial charge >= 0.3 is 0 Å². The molecule has 1 saturated carbocycles. The van der Waals surface area contributed by atoms with E-state index in [-0.39, 0.29) is 0 Å². The summed E-state index contributed by atoms with van der Waals surface area (Å²) in [6.45, 7) is 6.75. The van der Waals surface area contributed by atoms with Gasteiger partial charge in [0, 0.05) is 12.1 Å². The van der Waals surface area contributed by atoms with Crippen LogP contribution >= 0.6 is 0 Å². The molecule has 1 aliphatic carbocycles. The SMILES string of the molecule is CC(C)c1ccc(C(C)NC2CCC2)cc1. The molecule has 1 fully saturated rings. The van der Waals surface area contributed by atoms with Crippen LogP contribution in [0.25, 0.3) is 0 Å². The molecular weight excluding hydrogens is 194 g/mol. The van der Waals surface area contributed by atoms with Crippen LogP contribution in [0.1, 0.15) is 63.1 Å². The highest BCUT2D eigenvalue weighted by molar-refractivity contribution is 5.26. The Balaban J connectivity index is 1.97. The van der Waals surface area contributed by atoms with Crippen LogP contribution in [0.4, 0.5) is 0 Å². The van der Waals surface area contributed by atoms with Gasteiger partial charge in [-0.2, -0.15) is 0 Å². The summed E-state index contributed by atoms with van der Waals surface area (Å²) in [5.41, 5.74) is 2.84. The summed E-state index contributed by atoms with van der Waals surface area (Å²) >= 11 is 0. The zero-order chi connectivity index (χ0) is 11.5. The molecule has 1 unspecified atom stereocenters. The van der Waals surface area contributed by atoms with Gasteiger partial charge in [0.15, 0.2) is 0 Å². The van der Waals surface area contributed by atoms with E-state index in [1.165, 1.54) is 30.4 Å². The average Bonchev–Trinajstić information content (AvgIpc) is 2.23. The van der Waals surface area contributed by atoms with E-state index in [9.17, 15) is 0 Å². The monoisotopic (exact) mass is 217 g/mol.